The molecule has 152 valence electrons. The fraction of sp³-hybridized carbons (Fsp3) is 0.333. The lowest BCUT2D eigenvalue weighted by Crippen LogP contribution is -2.22. The smallest absolute Gasteiger partial charge is 0.298 e. The van der Waals surface area contributed by atoms with Gasteiger partial charge in [0.05, 0.1) is 17.6 Å². The van der Waals surface area contributed by atoms with E-state index >= 15 is 0 Å². The lowest BCUT2D eigenvalue weighted by Gasteiger charge is -2.12. The molecule has 0 unspecified atom stereocenters. The first-order valence-corrected chi connectivity index (χ1v) is 9.39. The highest BCUT2D eigenvalue weighted by Crippen LogP contribution is 2.38. The standard InChI is InChI=1S/C21H24N4O4/c1-12(2)9-22-7-8-23-10-14-17-19(21(28)13(3)20(14)27)24-15-5-4-6-16(29-11-26)18(15)25-17/h4-6,10-12,22,27-28H,7-9H2,1-3H3. The zero-order chi connectivity index (χ0) is 21.0. The summed E-state index contributed by atoms with van der Waals surface area (Å²) in [6.07, 6.45) is 1.53. The van der Waals surface area contributed by atoms with E-state index in [9.17, 15) is 15.0 Å². The number of benzene rings is 2. The van der Waals surface area contributed by atoms with Crippen LogP contribution in [-0.4, -0.2) is 52.5 Å². The molecule has 8 heteroatoms. The number of ether oxygens (including phenoxy) is 1. The normalized spacial score (nSPS) is 11.7. The van der Waals surface area contributed by atoms with Gasteiger partial charge >= 0.3 is 0 Å². The van der Waals surface area contributed by atoms with Gasteiger partial charge in [0.2, 0.25) is 0 Å². The van der Waals surface area contributed by atoms with Gasteiger partial charge in [-0.1, -0.05) is 19.9 Å². The molecule has 0 fully saturated rings. The van der Waals surface area contributed by atoms with Crippen molar-refractivity contribution in [3.8, 4) is 17.2 Å². The van der Waals surface area contributed by atoms with Crippen LogP contribution in [0.2, 0.25) is 0 Å². The Kier molecular flexibility index (Phi) is 6.23. The van der Waals surface area contributed by atoms with Gasteiger partial charge < -0.3 is 20.3 Å². The maximum absolute atomic E-state index is 10.8. The van der Waals surface area contributed by atoms with Gasteiger partial charge in [-0.05, 0) is 31.5 Å². The van der Waals surface area contributed by atoms with E-state index in [0.29, 0.717) is 47.6 Å². The highest BCUT2D eigenvalue weighted by Gasteiger charge is 2.19. The first-order chi connectivity index (χ1) is 13.9. The number of phenols is 2. The molecule has 3 N–H and O–H groups in total. The predicted molar refractivity (Wildman–Crippen MR) is 112 cm³/mol. The van der Waals surface area contributed by atoms with E-state index < -0.39 is 0 Å². The first-order valence-electron chi connectivity index (χ1n) is 9.39. The molecule has 0 aliphatic heterocycles. The summed E-state index contributed by atoms with van der Waals surface area (Å²) in [7, 11) is 0. The SMILES string of the molecule is Cc1c(O)c(C=NCCNCC(C)C)c2nc3c(OC=O)cccc3nc2c1O. The third-order valence-electron chi connectivity index (χ3n) is 4.47. The van der Waals surface area contributed by atoms with Crippen molar-refractivity contribution in [2.45, 2.75) is 20.8 Å². The molecule has 0 amide bonds. The van der Waals surface area contributed by atoms with Crippen LogP contribution in [0.1, 0.15) is 25.0 Å². The highest BCUT2D eigenvalue weighted by atomic mass is 16.5. The second kappa shape index (κ2) is 8.83. The molecular weight excluding hydrogens is 372 g/mol. The molecule has 0 saturated carbocycles. The number of hydrogen-bond acceptors (Lipinski definition) is 8. The second-order valence-electron chi connectivity index (χ2n) is 7.13. The van der Waals surface area contributed by atoms with Gasteiger partial charge in [0, 0.05) is 18.3 Å². The Hall–Kier alpha value is -3.26. The van der Waals surface area contributed by atoms with E-state index in [1.165, 1.54) is 6.21 Å². The highest BCUT2D eigenvalue weighted by molar-refractivity contribution is 6.05. The summed E-state index contributed by atoms with van der Waals surface area (Å²) in [5.41, 5.74) is 1.98. The van der Waals surface area contributed by atoms with Crippen molar-refractivity contribution in [2.75, 3.05) is 19.6 Å². The Morgan fingerprint density at radius 2 is 1.97 bits per heavy atom. The minimum absolute atomic E-state index is 0.115. The third kappa shape index (κ3) is 4.27. The molecule has 0 bridgehead atoms. The lowest BCUT2D eigenvalue weighted by molar-refractivity contribution is -0.120. The Bertz CT molecular complexity index is 1080. The van der Waals surface area contributed by atoms with Crippen molar-refractivity contribution < 1.29 is 19.7 Å². The number of carbonyl (C=O) groups excluding carboxylic acids is 1. The van der Waals surface area contributed by atoms with Crippen LogP contribution in [0.15, 0.2) is 23.2 Å². The number of nitrogens with one attached hydrogen (secondary N) is 1. The molecule has 3 rings (SSSR count). The number of phenolic OH excluding ortho intramolecular Hbond substituents is 2. The number of aliphatic imine (C=N–C) groups is 1. The summed E-state index contributed by atoms with van der Waals surface area (Å²) in [5, 5.41) is 24.4. The number of nitrogens with zero attached hydrogens (tertiary/aromatic N) is 3. The molecule has 0 aliphatic carbocycles. The molecule has 29 heavy (non-hydrogen) atoms. The molecule has 0 spiro atoms. The number of aromatic nitrogens is 2. The average molecular weight is 396 g/mol. The molecule has 0 aliphatic rings. The number of rotatable bonds is 8. The summed E-state index contributed by atoms with van der Waals surface area (Å²) >= 11 is 0. The number of carbonyl (C=O) groups is 1. The molecule has 8 nitrogen and oxygen atoms in total. The first kappa shape index (κ1) is 20.5. The molecule has 0 atom stereocenters. The maximum atomic E-state index is 10.8. The molecule has 3 aromatic rings. The molecule has 0 saturated heterocycles. The Morgan fingerprint density at radius 1 is 1.17 bits per heavy atom. The molecule has 0 radical (unpaired) electrons. The molecule has 1 aromatic heterocycles. The summed E-state index contributed by atoms with van der Waals surface area (Å²) in [5.74, 6) is 0.533. The van der Waals surface area contributed by atoms with E-state index in [4.69, 9.17) is 4.74 Å². The number of aromatic hydroxyl groups is 2. The summed E-state index contributed by atoms with van der Waals surface area (Å²) in [6.45, 7) is 8.31. The van der Waals surface area contributed by atoms with Crippen LogP contribution >= 0.6 is 0 Å². The van der Waals surface area contributed by atoms with Crippen molar-refractivity contribution in [1.29, 1.82) is 0 Å². The second-order valence-corrected chi connectivity index (χ2v) is 7.13. The molecular formula is C21H24N4O4. The number of hydrogen-bond donors (Lipinski definition) is 3. The van der Waals surface area contributed by atoms with Crippen molar-refractivity contribution in [3.05, 3.63) is 29.3 Å². The van der Waals surface area contributed by atoms with Crippen molar-refractivity contribution in [3.63, 3.8) is 0 Å². The minimum atomic E-state index is -0.149. The van der Waals surface area contributed by atoms with Gasteiger partial charge in [-0.15, -0.1) is 0 Å². The minimum Gasteiger partial charge on any atom is -0.507 e. The van der Waals surface area contributed by atoms with E-state index in [1.807, 2.05) is 0 Å². The van der Waals surface area contributed by atoms with Gasteiger partial charge in [-0.25, -0.2) is 9.97 Å². The molecule has 2 aromatic carbocycles. The van der Waals surface area contributed by atoms with Crippen molar-refractivity contribution >= 4 is 34.8 Å². The number of para-hydroxylation sites is 1. The quantitative estimate of drug-likeness (QED) is 0.232. The van der Waals surface area contributed by atoms with Gasteiger partial charge in [0.25, 0.3) is 6.47 Å². The van der Waals surface area contributed by atoms with Crippen LogP contribution in [0.3, 0.4) is 0 Å². The van der Waals surface area contributed by atoms with Crippen molar-refractivity contribution in [1.82, 2.24) is 15.3 Å². The summed E-state index contributed by atoms with van der Waals surface area (Å²) in [4.78, 5) is 24.2. The fourth-order valence-corrected chi connectivity index (χ4v) is 2.97. The fourth-order valence-electron chi connectivity index (χ4n) is 2.97. The zero-order valence-corrected chi connectivity index (χ0v) is 16.6. The third-order valence-corrected chi connectivity index (χ3v) is 4.47. The van der Waals surface area contributed by atoms with Gasteiger partial charge in [0.15, 0.2) is 5.75 Å². The van der Waals surface area contributed by atoms with Crippen LogP contribution in [0.25, 0.3) is 22.1 Å². The van der Waals surface area contributed by atoms with Crippen molar-refractivity contribution in [2.24, 2.45) is 10.9 Å². The summed E-state index contributed by atoms with van der Waals surface area (Å²) < 4.78 is 4.99. The Labute approximate surface area is 168 Å². The topological polar surface area (TPSA) is 117 Å². The van der Waals surface area contributed by atoms with Crippen LogP contribution in [0.4, 0.5) is 0 Å². The van der Waals surface area contributed by atoms with E-state index in [-0.39, 0.29) is 28.3 Å². The van der Waals surface area contributed by atoms with E-state index in [0.717, 1.165) is 6.54 Å². The van der Waals surface area contributed by atoms with Crippen LogP contribution in [0.5, 0.6) is 17.2 Å². The zero-order valence-electron chi connectivity index (χ0n) is 16.6. The van der Waals surface area contributed by atoms with Gasteiger partial charge in [-0.2, -0.15) is 0 Å². The Morgan fingerprint density at radius 3 is 2.69 bits per heavy atom. The monoisotopic (exact) mass is 396 g/mol. The lowest BCUT2D eigenvalue weighted by atomic mass is 10.1. The largest absolute Gasteiger partial charge is 0.507 e. The summed E-state index contributed by atoms with van der Waals surface area (Å²) in [6, 6.07) is 4.98. The number of fused-ring (bicyclic) bond motifs is 2. The van der Waals surface area contributed by atoms with Gasteiger partial charge in [0.1, 0.15) is 28.0 Å². The van der Waals surface area contributed by atoms with E-state index in [2.05, 4.69) is 34.1 Å². The van der Waals surface area contributed by atoms with Crippen LogP contribution in [0, 0.1) is 12.8 Å². The van der Waals surface area contributed by atoms with E-state index in [1.54, 1.807) is 25.1 Å². The predicted octanol–water partition coefficient (Wildman–Crippen LogP) is 2.70. The Balaban J connectivity index is 2.07. The average Bonchev–Trinajstić information content (AvgIpc) is 2.70. The van der Waals surface area contributed by atoms with Crippen LogP contribution < -0.4 is 10.1 Å². The molecule has 1 heterocycles. The van der Waals surface area contributed by atoms with Crippen LogP contribution in [-0.2, 0) is 4.79 Å². The maximum Gasteiger partial charge on any atom is 0.298 e. The van der Waals surface area contributed by atoms with Gasteiger partial charge in [-0.3, -0.25) is 9.79 Å².